The molecule has 0 aromatic rings. The molecule has 1 N–H and O–H groups in total. The Bertz CT molecular complexity index is 267. The van der Waals surface area contributed by atoms with E-state index in [0.717, 1.165) is 17.8 Å². The summed E-state index contributed by atoms with van der Waals surface area (Å²) in [5.74, 6) is 2.47. The molecule has 0 aromatic carbocycles. The zero-order chi connectivity index (χ0) is 8.67. The number of aliphatic imine (C=N–C) groups is 1. The number of nitrogens with zero attached hydrogens (tertiary/aromatic N) is 1. The van der Waals surface area contributed by atoms with E-state index in [1.807, 2.05) is 0 Å². The Hall–Kier alpha value is -0.630. The fourth-order valence-corrected chi connectivity index (χ4v) is 2.91. The van der Waals surface area contributed by atoms with Crippen LogP contribution in [0, 0.1) is 17.8 Å². The number of nitrogens with one attached hydrogen (secondary N) is 1. The third-order valence-electron chi connectivity index (χ3n) is 3.67. The van der Waals surface area contributed by atoms with Crippen LogP contribution in [-0.2, 0) is 0 Å². The monoisotopic (exact) mass is 176 g/mol. The van der Waals surface area contributed by atoms with E-state index >= 15 is 0 Å². The molecule has 1 aliphatic carbocycles. The van der Waals surface area contributed by atoms with E-state index in [1.165, 1.54) is 38.0 Å². The van der Waals surface area contributed by atoms with Crippen molar-refractivity contribution in [1.82, 2.24) is 5.32 Å². The van der Waals surface area contributed by atoms with E-state index in [4.69, 9.17) is 0 Å². The predicted molar refractivity (Wildman–Crippen MR) is 53.8 cm³/mol. The van der Waals surface area contributed by atoms with Crippen molar-refractivity contribution in [3.8, 4) is 0 Å². The van der Waals surface area contributed by atoms with Gasteiger partial charge in [0.25, 0.3) is 0 Å². The van der Waals surface area contributed by atoms with Crippen LogP contribution in [0.3, 0.4) is 0 Å². The van der Waals surface area contributed by atoms with Crippen molar-refractivity contribution in [2.45, 2.75) is 19.3 Å². The first kappa shape index (κ1) is 7.74. The van der Waals surface area contributed by atoms with E-state index in [2.05, 4.69) is 22.6 Å². The number of hydrogen-bond donors (Lipinski definition) is 1. The molecule has 2 heteroatoms. The maximum Gasteiger partial charge on any atom is 0.0394 e. The van der Waals surface area contributed by atoms with Crippen LogP contribution < -0.4 is 5.32 Å². The van der Waals surface area contributed by atoms with Crippen LogP contribution in [0.25, 0.3) is 0 Å². The summed E-state index contributed by atoms with van der Waals surface area (Å²) in [6.45, 7) is 2.41. The highest BCUT2D eigenvalue weighted by Crippen LogP contribution is 2.39. The highest BCUT2D eigenvalue weighted by atomic mass is 14.9. The molecular weight excluding hydrogens is 160 g/mol. The van der Waals surface area contributed by atoms with Gasteiger partial charge in [-0.25, -0.2) is 0 Å². The lowest BCUT2D eigenvalue weighted by atomic mass is 9.77. The molecule has 1 saturated heterocycles. The van der Waals surface area contributed by atoms with Crippen molar-refractivity contribution < 1.29 is 0 Å². The van der Waals surface area contributed by atoms with Crippen LogP contribution in [0.2, 0.25) is 0 Å². The fourth-order valence-electron chi connectivity index (χ4n) is 2.91. The average molecular weight is 176 g/mol. The predicted octanol–water partition coefficient (Wildman–Crippen LogP) is 1.59. The lowest BCUT2D eigenvalue weighted by molar-refractivity contribution is 0.340. The maximum absolute atomic E-state index is 4.52. The molecule has 3 rings (SSSR count). The van der Waals surface area contributed by atoms with Crippen molar-refractivity contribution in [1.29, 1.82) is 0 Å². The van der Waals surface area contributed by atoms with E-state index in [9.17, 15) is 0 Å². The van der Waals surface area contributed by atoms with E-state index in [0.29, 0.717) is 0 Å². The number of fused-ring (bicyclic) bond motifs is 2. The molecule has 3 unspecified atom stereocenters. The van der Waals surface area contributed by atoms with Gasteiger partial charge in [-0.15, -0.1) is 0 Å². The van der Waals surface area contributed by atoms with Crippen LogP contribution in [-0.4, -0.2) is 19.3 Å². The van der Waals surface area contributed by atoms with Crippen molar-refractivity contribution >= 4 is 6.21 Å². The minimum absolute atomic E-state index is 0.779. The van der Waals surface area contributed by atoms with Crippen LogP contribution in [0.4, 0.5) is 0 Å². The first-order valence-electron chi connectivity index (χ1n) is 5.38. The summed E-state index contributed by atoms with van der Waals surface area (Å²) < 4.78 is 0. The minimum Gasteiger partial charge on any atom is -0.316 e. The van der Waals surface area contributed by atoms with E-state index in [-0.39, 0.29) is 0 Å². The Morgan fingerprint density at radius 3 is 3.38 bits per heavy atom. The van der Waals surface area contributed by atoms with Gasteiger partial charge in [0.15, 0.2) is 0 Å². The van der Waals surface area contributed by atoms with E-state index in [1.54, 1.807) is 0 Å². The van der Waals surface area contributed by atoms with E-state index < -0.39 is 0 Å². The van der Waals surface area contributed by atoms with Crippen molar-refractivity contribution in [2.24, 2.45) is 22.7 Å². The summed E-state index contributed by atoms with van der Waals surface area (Å²) in [5, 5.41) is 3.48. The molecule has 2 aliphatic heterocycles. The topological polar surface area (TPSA) is 24.4 Å². The van der Waals surface area contributed by atoms with Gasteiger partial charge < -0.3 is 5.32 Å². The molecular formula is C11H16N2. The largest absolute Gasteiger partial charge is 0.316 e. The first-order valence-corrected chi connectivity index (χ1v) is 5.38. The molecule has 3 aliphatic rings. The minimum atomic E-state index is 0.779. The van der Waals surface area contributed by atoms with Crippen LogP contribution in [0.1, 0.15) is 19.3 Å². The van der Waals surface area contributed by atoms with Gasteiger partial charge in [-0.1, -0.05) is 6.08 Å². The number of hydrogen-bond acceptors (Lipinski definition) is 2. The molecule has 0 radical (unpaired) electrons. The number of allylic oxidation sites excluding steroid dienone is 1. The fraction of sp³-hybridized carbons (Fsp3) is 0.727. The second-order valence-corrected chi connectivity index (χ2v) is 4.50. The molecule has 13 heavy (non-hydrogen) atoms. The van der Waals surface area contributed by atoms with Crippen molar-refractivity contribution in [2.75, 3.05) is 13.1 Å². The lowest BCUT2D eigenvalue weighted by Crippen LogP contribution is -2.23. The first-order chi connectivity index (χ1) is 6.43. The zero-order valence-electron chi connectivity index (χ0n) is 7.87. The molecule has 0 aromatic heterocycles. The quantitative estimate of drug-likeness (QED) is 0.595. The van der Waals surface area contributed by atoms with Crippen LogP contribution in [0.5, 0.6) is 0 Å². The summed E-state index contributed by atoms with van der Waals surface area (Å²) >= 11 is 0. The van der Waals surface area contributed by atoms with Gasteiger partial charge in [0.05, 0.1) is 0 Å². The molecule has 2 heterocycles. The van der Waals surface area contributed by atoms with Gasteiger partial charge in [0, 0.05) is 24.4 Å². The Kier molecular flexibility index (Phi) is 1.76. The van der Waals surface area contributed by atoms with Gasteiger partial charge in [-0.05, 0) is 37.6 Å². The highest BCUT2D eigenvalue weighted by Gasteiger charge is 2.34. The van der Waals surface area contributed by atoms with Crippen LogP contribution >= 0.6 is 0 Å². The van der Waals surface area contributed by atoms with Gasteiger partial charge in [-0.3, -0.25) is 4.99 Å². The van der Waals surface area contributed by atoms with Gasteiger partial charge in [0.2, 0.25) is 0 Å². The number of rotatable bonds is 0. The molecule has 0 spiro atoms. The van der Waals surface area contributed by atoms with Gasteiger partial charge in [-0.2, -0.15) is 0 Å². The Balaban J connectivity index is 1.90. The van der Waals surface area contributed by atoms with Crippen LogP contribution in [0.15, 0.2) is 16.8 Å². The zero-order valence-corrected chi connectivity index (χ0v) is 7.87. The summed E-state index contributed by atoms with van der Waals surface area (Å²) in [4.78, 5) is 4.52. The lowest BCUT2D eigenvalue weighted by Gasteiger charge is -2.30. The third-order valence-corrected chi connectivity index (χ3v) is 3.67. The highest BCUT2D eigenvalue weighted by molar-refractivity contribution is 5.60. The van der Waals surface area contributed by atoms with Crippen molar-refractivity contribution in [3.63, 3.8) is 0 Å². The summed E-state index contributed by atoms with van der Waals surface area (Å²) in [5.41, 5.74) is 1.39. The van der Waals surface area contributed by atoms with Gasteiger partial charge in [0.1, 0.15) is 0 Å². The van der Waals surface area contributed by atoms with Crippen molar-refractivity contribution in [3.05, 3.63) is 11.8 Å². The summed E-state index contributed by atoms with van der Waals surface area (Å²) in [6, 6.07) is 0. The molecule has 0 amide bonds. The second kappa shape index (κ2) is 2.95. The van der Waals surface area contributed by atoms with Gasteiger partial charge >= 0.3 is 0 Å². The summed E-state index contributed by atoms with van der Waals surface area (Å²) in [7, 11) is 0. The average Bonchev–Trinajstić information content (AvgIpc) is 2.61. The summed E-state index contributed by atoms with van der Waals surface area (Å²) in [6.07, 6.45) is 8.41. The second-order valence-electron chi connectivity index (χ2n) is 4.50. The Labute approximate surface area is 79.1 Å². The molecule has 1 fully saturated rings. The molecule has 3 atom stereocenters. The molecule has 0 bridgehead atoms. The smallest absolute Gasteiger partial charge is 0.0394 e. The normalized spacial score (nSPS) is 42.5. The standard InChI is InChI=1S/C11H16N2/c1-2-8-4-9-6-12-7-10(9)5-11(8)13-3-1/h3,5,8-10,12H,1-2,4,6-7H2. The molecule has 0 saturated carbocycles. The Morgan fingerprint density at radius 1 is 1.38 bits per heavy atom. The molecule has 2 nitrogen and oxygen atoms in total. The SMILES string of the molecule is C1=NC2=CC3CNCC3CC2CC1. The Morgan fingerprint density at radius 2 is 2.38 bits per heavy atom. The molecule has 70 valence electrons. The maximum atomic E-state index is 4.52. The third kappa shape index (κ3) is 1.24.